The lowest BCUT2D eigenvalue weighted by atomic mass is 10.1. The van der Waals surface area contributed by atoms with Crippen molar-refractivity contribution in [3.8, 4) is 0 Å². The quantitative estimate of drug-likeness (QED) is 0.818. The van der Waals surface area contributed by atoms with E-state index in [1.165, 1.54) is 41.0 Å². The third-order valence-electron chi connectivity index (χ3n) is 3.39. The van der Waals surface area contributed by atoms with E-state index < -0.39 is 0 Å². The third-order valence-corrected chi connectivity index (χ3v) is 4.37. The molecule has 1 fully saturated rings. The minimum absolute atomic E-state index is 0.526. The van der Waals surface area contributed by atoms with Crippen molar-refractivity contribution in [1.29, 1.82) is 0 Å². The van der Waals surface area contributed by atoms with Crippen molar-refractivity contribution in [2.24, 2.45) is 0 Å². The molecule has 1 unspecified atom stereocenters. The van der Waals surface area contributed by atoms with Crippen LogP contribution in [-0.2, 0) is 0 Å². The van der Waals surface area contributed by atoms with Gasteiger partial charge >= 0.3 is 0 Å². The summed E-state index contributed by atoms with van der Waals surface area (Å²) in [5.74, 6) is 0. The number of thiophene rings is 1. The van der Waals surface area contributed by atoms with E-state index in [4.69, 9.17) is 0 Å². The second-order valence-electron chi connectivity index (χ2n) is 4.74. The summed E-state index contributed by atoms with van der Waals surface area (Å²) < 4.78 is 0. The Morgan fingerprint density at radius 2 is 2.00 bits per heavy atom. The Kier molecular flexibility index (Phi) is 3.47. The molecule has 2 heteroatoms. The van der Waals surface area contributed by atoms with Crippen molar-refractivity contribution in [1.82, 2.24) is 5.32 Å². The maximum Gasteiger partial charge on any atom is 0.0305 e. The smallest absolute Gasteiger partial charge is 0.0305 e. The molecule has 84 valence electrons. The van der Waals surface area contributed by atoms with Crippen LogP contribution in [0.3, 0.4) is 0 Å². The number of rotatable bonds is 3. The third kappa shape index (κ3) is 2.61. The molecule has 0 bridgehead atoms. The van der Waals surface area contributed by atoms with Gasteiger partial charge in [-0.2, -0.15) is 0 Å². The van der Waals surface area contributed by atoms with E-state index in [1.807, 2.05) is 11.3 Å². The lowest BCUT2D eigenvalue weighted by Crippen LogP contribution is -2.28. The molecule has 0 radical (unpaired) electrons. The molecule has 1 atom stereocenters. The van der Waals surface area contributed by atoms with Gasteiger partial charge in [0.2, 0.25) is 0 Å². The molecule has 1 saturated carbocycles. The molecular weight excluding hydrogens is 202 g/mol. The van der Waals surface area contributed by atoms with Gasteiger partial charge in [0.05, 0.1) is 0 Å². The van der Waals surface area contributed by atoms with Crippen molar-refractivity contribution in [2.45, 2.75) is 58.5 Å². The van der Waals surface area contributed by atoms with Crippen LogP contribution in [0.2, 0.25) is 0 Å². The van der Waals surface area contributed by atoms with Crippen molar-refractivity contribution in [3.63, 3.8) is 0 Å². The first-order valence-corrected chi connectivity index (χ1v) is 6.81. The van der Waals surface area contributed by atoms with Crippen molar-refractivity contribution >= 4 is 11.3 Å². The molecule has 1 aliphatic carbocycles. The number of hydrogen-bond donors (Lipinski definition) is 1. The molecule has 0 amide bonds. The highest BCUT2D eigenvalue weighted by molar-refractivity contribution is 7.12. The maximum absolute atomic E-state index is 3.76. The number of nitrogens with one attached hydrogen (secondary N) is 1. The summed E-state index contributed by atoms with van der Waals surface area (Å²) >= 11 is 1.92. The van der Waals surface area contributed by atoms with Gasteiger partial charge in [-0.05, 0) is 45.2 Å². The largest absolute Gasteiger partial charge is 0.307 e. The molecular formula is C13H21NS. The van der Waals surface area contributed by atoms with E-state index in [2.05, 4.69) is 32.2 Å². The van der Waals surface area contributed by atoms with Gasteiger partial charge < -0.3 is 5.32 Å². The highest BCUT2D eigenvalue weighted by Crippen LogP contribution is 2.28. The maximum atomic E-state index is 3.76. The number of hydrogen-bond acceptors (Lipinski definition) is 2. The zero-order chi connectivity index (χ0) is 10.8. The molecule has 1 heterocycles. The normalized spacial score (nSPS) is 19.7. The standard InChI is InChI=1S/C13H21NS/c1-9-8-13(11(3)15-9)10(2)14-12-6-4-5-7-12/h8,10,12,14H,4-7H2,1-3H3. The zero-order valence-electron chi connectivity index (χ0n) is 9.97. The van der Waals surface area contributed by atoms with Crippen LogP contribution in [0.4, 0.5) is 0 Å². The second kappa shape index (κ2) is 4.67. The summed E-state index contributed by atoms with van der Waals surface area (Å²) in [5, 5.41) is 3.76. The molecule has 1 aromatic rings. The molecule has 2 rings (SSSR count). The van der Waals surface area contributed by atoms with E-state index in [1.54, 1.807) is 0 Å². The minimum Gasteiger partial charge on any atom is -0.307 e. The molecule has 1 aromatic heterocycles. The van der Waals surface area contributed by atoms with Crippen LogP contribution in [-0.4, -0.2) is 6.04 Å². The summed E-state index contributed by atoms with van der Waals surface area (Å²) in [6.07, 6.45) is 5.55. The molecule has 15 heavy (non-hydrogen) atoms. The lowest BCUT2D eigenvalue weighted by molar-refractivity contribution is 0.461. The van der Waals surface area contributed by atoms with Gasteiger partial charge in [0.1, 0.15) is 0 Å². The average Bonchev–Trinajstić information content (AvgIpc) is 2.75. The minimum atomic E-state index is 0.526. The zero-order valence-corrected chi connectivity index (χ0v) is 10.8. The van der Waals surface area contributed by atoms with Crippen LogP contribution in [0, 0.1) is 13.8 Å². The Morgan fingerprint density at radius 3 is 2.53 bits per heavy atom. The Bertz CT molecular complexity index is 323. The van der Waals surface area contributed by atoms with Gasteiger partial charge in [0, 0.05) is 21.8 Å². The summed E-state index contributed by atoms with van der Waals surface area (Å²) in [7, 11) is 0. The van der Waals surface area contributed by atoms with Crippen LogP contribution in [0.5, 0.6) is 0 Å². The molecule has 1 nitrogen and oxygen atoms in total. The van der Waals surface area contributed by atoms with E-state index in [0.717, 1.165) is 6.04 Å². The predicted molar refractivity (Wildman–Crippen MR) is 67.6 cm³/mol. The van der Waals surface area contributed by atoms with Crippen molar-refractivity contribution < 1.29 is 0 Å². The molecule has 1 N–H and O–H groups in total. The predicted octanol–water partition coefficient (Wildman–Crippen LogP) is 3.96. The highest BCUT2D eigenvalue weighted by atomic mass is 32.1. The summed E-state index contributed by atoms with van der Waals surface area (Å²) in [6, 6.07) is 3.63. The van der Waals surface area contributed by atoms with E-state index in [0.29, 0.717) is 6.04 Å². The average molecular weight is 223 g/mol. The van der Waals surface area contributed by atoms with Gasteiger partial charge in [-0.3, -0.25) is 0 Å². The van der Waals surface area contributed by atoms with Crippen LogP contribution in [0.1, 0.15) is 54.0 Å². The summed E-state index contributed by atoms with van der Waals surface area (Å²) in [4.78, 5) is 2.91. The fourth-order valence-corrected chi connectivity index (χ4v) is 3.64. The molecule has 0 aliphatic heterocycles. The first kappa shape index (κ1) is 11.2. The van der Waals surface area contributed by atoms with Crippen LogP contribution < -0.4 is 5.32 Å². The van der Waals surface area contributed by atoms with E-state index in [9.17, 15) is 0 Å². The van der Waals surface area contributed by atoms with Crippen molar-refractivity contribution in [3.05, 3.63) is 21.4 Å². The van der Waals surface area contributed by atoms with Crippen molar-refractivity contribution in [2.75, 3.05) is 0 Å². The first-order chi connectivity index (χ1) is 7.16. The van der Waals surface area contributed by atoms with E-state index >= 15 is 0 Å². The lowest BCUT2D eigenvalue weighted by Gasteiger charge is -2.19. The summed E-state index contributed by atoms with van der Waals surface area (Å²) in [5.41, 5.74) is 1.50. The van der Waals surface area contributed by atoms with Crippen LogP contribution in [0.15, 0.2) is 6.07 Å². The van der Waals surface area contributed by atoms with E-state index in [-0.39, 0.29) is 0 Å². The van der Waals surface area contributed by atoms with Crippen LogP contribution in [0.25, 0.3) is 0 Å². The van der Waals surface area contributed by atoms with Gasteiger partial charge in [0.25, 0.3) is 0 Å². The van der Waals surface area contributed by atoms with Gasteiger partial charge in [0.15, 0.2) is 0 Å². The van der Waals surface area contributed by atoms with Gasteiger partial charge in [-0.1, -0.05) is 12.8 Å². The Balaban J connectivity index is 2.00. The molecule has 0 saturated heterocycles. The summed E-state index contributed by atoms with van der Waals surface area (Å²) in [6.45, 7) is 6.73. The van der Waals surface area contributed by atoms with Gasteiger partial charge in [-0.15, -0.1) is 11.3 Å². The van der Waals surface area contributed by atoms with Gasteiger partial charge in [-0.25, -0.2) is 0 Å². The first-order valence-electron chi connectivity index (χ1n) is 6.00. The monoisotopic (exact) mass is 223 g/mol. The van der Waals surface area contributed by atoms with Crippen LogP contribution >= 0.6 is 11.3 Å². The fourth-order valence-electron chi connectivity index (χ4n) is 2.62. The molecule has 1 aliphatic rings. The number of aryl methyl sites for hydroxylation is 2. The second-order valence-corrected chi connectivity index (χ2v) is 6.20. The fraction of sp³-hybridized carbons (Fsp3) is 0.692. The molecule has 0 spiro atoms. The Hall–Kier alpha value is -0.340. The Labute approximate surface area is 96.9 Å². The molecule has 0 aromatic carbocycles. The highest BCUT2D eigenvalue weighted by Gasteiger charge is 2.19. The topological polar surface area (TPSA) is 12.0 Å². The Morgan fingerprint density at radius 1 is 1.33 bits per heavy atom. The SMILES string of the molecule is Cc1cc(C(C)NC2CCCC2)c(C)s1.